The first kappa shape index (κ1) is 27.4. The van der Waals surface area contributed by atoms with E-state index in [2.05, 4.69) is 146 Å². The molecule has 0 unspecified atom stereocenters. The first-order chi connectivity index (χ1) is 23.3. The Bertz CT molecular complexity index is 2500. The Labute approximate surface area is 277 Å². The number of hydrogen-bond donors (Lipinski definition) is 0. The first-order valence-corrected chi connectivity index (χ1v) is 16.6. The minimum Gasteiger partial charge on any atom is -0.228 e. The summed E-state index contributed by atoms with van der Waals surface area (Å²) < 4.78 is 2.61. The average Bonchev–Trinajstić information content (AvgIpc) is 3.54. The van der Waals surface area contributed by atoms with Crippen LogP contribution in [0, 0.1) is 0 Å². The van der Waals surface area contributed by atoms with Crippen LogP contribution in [0.1, 0.15) is 0 Å². The fourth-order valence-electron chi connectivity index (χ4n) is 6.53. The van der Waals surface area contributed by atoms with Gasteiger partial charge < -0.3 is 0 Å². The molecule has 2 aromatic heterocycles. The van der Waals surface area contributed by atoms with E-state index >= 15 is 0 Å². The summed E-state index contributed by atoms with van der Waals surface area (Å²) in [5.74, 6) is 0.715. The van der Waals surface area contributed by atoms with Gasteiger partial charge in [-0.3, -0.25) is 0 Å². The minimum atomic E-state index is 0.715. The molecule has 0 radical (unpaired) electrons. The summed E-state index contributed by atoms with van der Waals surface area (Å²) in [5, 5.41) is 5.24. The average molecular weight is 617 g/mol. The molecule has 9 aromatic rings. The maximum atomic E-state index is 5.17. The van der Waals surface area contributed by atoms with Crippen LogP contribution in [-0.2, 0) is 0 Å². The van der Waals surface area contributed by atoms with Gasteiger partial charge in [0.25, 0.3) is 0 Å². The molecule has 2 heterocycles. The van der Waals surface area contributed by atoms with E-state index in [0.29, 0.717) is 5.82 Å². The first-order valence-electron chi connectivity index (χ1n) is 15.8. The lowest BCUT2D eigenvalue weighted by Crippen LogP contribution is -1.96. The topological polar surface area (TPSA) is 25.8 Å². The molecule has 0 aliphatic carbocycles. The molecule has 0 bridgehead atoms. The van der Waals surface area contributed by atoms with Crippen molar-refractivity contribution in [2.45, 2.75) is 0 Å². The quantitative estimate of drug-likeness (QED) is 0.192. The van der Waals surface area contributed by atoms with Crippen molar-refractivity contribution in [3.63, 3.8) is 0 Å². The third-order valence-electron chi connectivity index (χ3n) is 8.86. The minimum absolute atomic E-state index is 0.715. The number of thiophene rings is 1. The standard InChI is InChI=1S/C44H28N2S/c1-4-12-29(13-5-1)34-24-35(33-20-22-38-42(27-33)47-41-23-21-30-14-10-11-19-37(30)43(38)41)26-36(25-34)40-28-39(31-15-6-2-7-16-31)45-44(46-40)32-17-8-3-9-18-32/h1-28H. The number of aromatic nitrogens is 2. The second-order valence-electron chi connectivity index (χ2n) is 11.8. The van der Waals surface area contributed by atoms with Gasteiger partial charge in [-0.1, -0.05) is 133 Å². The Hall–Kier alpha value is -5.90. The number of hydrogen-bond acceptors (Lipinski definition) is 3. The van der Waals surface area contributed by atoms with Crippen molar-refractivity contribution in [2.24, 2.45) is 0 Å². The summed E-state index contributed by atoms with van der Waals surface area (Å²) in [4.78, 5) is 10.2. The molecular formula is C44H28N2S. The molecular weight excluding hydrogens is 589 g/mol. The van der Waals surface area contributed by atoms with Gasteiger partial charge in [-0.15, -0.1) is 11.3 Å². The zero-order valence-electron chi connectivity index (χ0n) is 25.5. The molecule has 0 atom stereocenters. The fraction of sp³-hybridized carbons (Fsp3) is 0. The van der Waals surface area contributed by atoms with Crippen LogP contribution < -0.4 is 0 Å². The summed E-state index contributed by atoms with van der Waals surface area (Å²) >= 11 is 1.87. The third kappa shape index (κ3) is 5.07. The number of nitrogens with zero attached hydrogens (tertiary/aromatic N) is 2. The van der Waals surface area contributed by atoms with Gasteiger partial charge in [-0.05, 0) is 69.4 Å². The Kier molecular flexibility index (Phi) is 6.69. The van der Waals surface area contributed by atoms with Crippen molar-refractivity contribution in [1.29, 1.82) is 0 Å². The summed E-state index contributed by atoms with van der Waals surface area (Å²) in [6, 6.07) is 60.3. The molecule has 0 aliphatic rings. The molecule has 0 spiro atoms. The highest BCUT2D eigenvalue weighted by Crippen LogP contribution is 2.41. The number of rotatable bonds is 5. The molecule has 2 nitrogen and oxygen atoms in total. The Morgan fingerprint density at radius 3 is 1.68 bits per heavy atom. The van der Waals surface area contributed by atoms with Crippen molar-refractivity contribution >= 4 is 42.3 Å². The fourth-order valence-corrected chi connectivity index (χ4v) is 7.69. The Morgan fingerprint density at radius 1 is 0.340 bits per heavy atom. The maximum Gasteiger partial charge on any atom is 0.160 e. The van der Waals surface area contributed by atoms with E-state index in [-0.39, 0.29) is 0 Å². The van der Waals surface area contributed by atoms with Crippen LogP contribution in [-0.4, -0.2) is 9.97 Å². The molecule has 7 aromatic carbocycles. The highest BCUT2D eigenvalue weighted by atomic mass is 32.1. The van der Waals surface area contributed by atoms with E-state index in [1.807, 2.05) is 35.6 Å². The normalized spacial score (nSPS) is 11.4. The monoisotopic (exact) mass is 616 g/mol. The van der Waals surface area contributed by atoms with E-state index in [9.17, 15) is 0 Å². The van der Waals surface area contributed by atoms with Gasteiger partial charge in [-0.2, -0.15) is 0 Å². The summed E-state index contributed by atoms with van der Waals surface area (Å²) in [6.07, 6.45) is 0. The molecule has 0 fully saturated rings. The highest BCUT2D eigenvalue weighted by molar-refractivity contribution is 7.26. The van der Waals surface area contributed by atoms with Gasteiger partial charge in [0.1, 0.15) is 0 Å². The number of benzene rings is 7. The molecule has 0 aliphatic heterocycles. The lowest BCUT2D eigenvalue weighted by molar-refractivity contribution is 1.18. The summed E-state index contributed by atoms with van der Waals surface area (Å²) in [6.45, 7) is 0. The van der Waals surface area contributed by atoms with Gasteiger partial charge in [0, 0.05) is 36.9 Å². The van der Waals surface area contributed by atoms with Crippen LogP contribution in [0.15, 0.2) is 170 Å². The van der Waals surface area contributed by atoms with Gasteiger partial charge in [0.2, 0.25) is 0 Å². The van der Waals surface area contributed by atoms with Gasteiger partial charge >= 0.3 is 0 Å². The second-order valence-corrected chi connectivity index (χ2v) is 12.9. The smallest absolute Gasteiger partial charge is 0.160 e. The predicted molar refractivity (Wildman–Crippen MR) is 200 cm³/mol. The molecule has 3 heteroatoms. The van der Waals surface area contributed by atoms with E-state index in [0.717, 1.165) is 39.2 Å². The lowest BCUT2D eigenvalue weighted by Gasteiger charge is -2.13. The molecule has 9 rings (SSSR count). The third-order valence-corrected chi connectivity index (χ3v) is 9.98. The van der Waals surface area contributed by atoms with Crippen LogP contribution in [0.25, 0.3) is 87.1 Å². The lowest BCUT2D eigenvalue weighted by atomic mass is 9.94. The van der Waals surface area contributed by atoms with E-state index in [1.54, 1.807) is 0 Å². The van der Waals surface area contributed by atoms with Gasteiger partial charge in [-0.25, -0.2) is 9.97 Å². The van der Waals surface area contributed by atoms with Crippen molar-refractivity contribution in [2.75, 3.05) is 0 Å². The Balaban J connectivity index is 1.25. The molecule has 47 heavy (non-hydrogen) atoms. The highest BCUT2D eigenvalue weighted by Gasteiger charge is 2.15. The SMILES string of the molecule is c1ccc(-c2cc(-c3ccc4c(c3)sc3ccc5ccccc5c34)cc(-c3cc(-c4ccccc4)nc(-c4ccccc4)n3)c2)cc1. The van der Waals surface area contributed by atoms with Crippen molar-refractivity contribution in [1.82, 2.24) is 9.97 Å². The van der Waals surface area contributed by atoms with E-state index in [4.69, 9.17) is 9.97 Å². The van der Waals surface area contributed by atoms with Crippen LogP contribution in [0.4, 0.5) is 0 Å². The molecule has 0 saturated carbocycles. The van der Waals surface area contributed by atoms with Crippen molar-refractivity contribution in [3.05, 3.63) is 170 Å². The second kappa shape index (κ2) is 11.5. The van der Waals surface area contributed by atoms with E-state index < -0.39 is 0 Å². The van der Waals surface area contributed by atoms with Crippen molar-refractivity contribution < 1.29 is 0 Å². The largest absolute Gasteiger partial charge is 0.228 e. The van der Waals surface area contributed by atoms with Crippen molar-refractivity contribution in [3.8, 4) is 56.2 Å². The van der Waals surface area contributed by atoms with Gasteiger partial charge in [0.15, 0.2) is 5.82 Å². The predicted octanol–water partition coefficient (Wildman–Crippen LogP) is 12.3. The van der Waals surface area contributed by atoms with Gasteiger partial charge in [0.05, 0.1) is 11.4 Å². The summed E-state index contributed by atoms with van der Waals surface area (Å²) in [7, 11) is 0. The maximum absolute atomic E-state index is 5.17. The molecule has 0 saturated heterocycles. The molecule has 0 N–H and O–H groups in total. The van der Waals surface area contributed by atoms with Crippen LogP contribution in [0.2, 0.25) is 0 Å². The Morgan fingerprint density at radius 2 is 0.936 bits per heavy atom. The molecule has 0 amide bonds. The van der Waals surface area contributed by atoms with E-state index in [1.165, 1.54) is 42.1 Å². The zero-order valence-corrected chi connectivity index (χ0v) is 26.3. The van der Waals surface area contributed by atoms with Crippen LogP contribution in [0.5, 0.6) is 0 Å². The number of fused-ring (bicyclic) bond motifs is 5. The van der Waals surface area contributed by atoms with Crippen LogP contribution >= 0.6 is 11.3 Å². The summed E-state index contributed by atoms with van der Waals surface area (Å²) in [5.41, 5.74) is 9.59. The molecule has 220 valence electrons. The zero-order chi connectivity index (χ0) is 31.2. The van der Waals surface area contributed by atoms with Crippen LogP contribution in [0.3, 0.4) is 0 Å².